The molecular weight excluding hydrogens is 386 g/mol. The van der Waals surface area contributed by atoms with Crippen LogP contribution in [-0.4, -0.2) is 18.0 Å². The molecule has 0 atom stereocenters. The lowest BCUT2D eigenvalue weighted by Crippen LogP contribution is -2.12. The van der Waals surface area contributed by atoms with Crippen molar-refractivity contribution in [2.75, 3.05) is 0 Å². The molecule has 0 aliphatic rings. The number of imidazole rings is 1. The summed E-state index contributed by atoms with van der Waals surface area (Å²) >= 11 is 0. The second-order valence-corrected chi connectivity index (χ2v) is 7.38. The molecule has 0 aliphatic carbocycles. The van der Waals surface area contributed by atoms with Gasteiger partial charge in [-0.2, -0.15) is 13.2 Å². The van der Waals surface area contributed by atoms with Crippen LogP contribution in [0.15, 0.2) is 53.6 Å². The maximum absolute atomic E-state index is 13.5. The van der Waals surface area contributed by atoms with E-state index in [-0.39, 0.29) is 27.5 Å². The van der Waals surface area contributed by atoms with Crippen molar-refractivity contribution in [3.8, 4) is 17.1 Å². The average Bonchev–Trinajstić information content (AvgIpc) is 3.02. The minimum atomic E-state index is -4.68. The summed E-state index contributed by atoms with van der Waals surface area (Å²) in [7, 11) is -3.94. The number of alkyl halides is 3. The van der Waals surface area contributed by atoms with Gasteiger partial charge in [-0.15, -0.1) is 0 Å². The summed E-state index contributed by atoms with van der Waals surface area (Å²) < 4.78 is 76.8. The SMILES string of the molecule is Cc1cc(-c2nc(C(F)(F)F)cn2-c2ccc(S(N)(=O)=O)cc2)ccc1F. The highest BCUT2D eigenvalue weighted by atomic mass is 32.2. The van der Waals surface area contributed by atoms with Crippen LogP contribution in [0, 0.1) is 12.7 Å². The van der Waals surface area contributed by atoms with Gasteiger partial charge >= 0.3 is 6.18 Å². The molecule has 27 heavy (non-hydrogen) atoms. The third-order valence-electron chi connectivity index (χ3n) is 3.86. The molecular formula is C17H13F4N3O2S. The molecule has 0 saturated heterocycles. The lowest BCUT2D eigenvalue weighted by molar-refractivity contribution is -0.140. The van der Waals surface area contributed by atoms with Crippen LogP contribution >= 0.6 is 0 Å². The van der Waals surface area contributed by atoms with E-state index in [4.69, 9.17) is 5.14 Å². The summed E-state index contributed by atoms with van der Waals surface area (Å²) in [6.07, 6.45) is -3.89. The number of nitrogens with zero attached hydrogens (tertiary/aromatic N) is 2. The lowest BCUT2D eigenvalue weighted by atomic mass is 10.1. The van der Waals surface area contributed by atoms with Gasteiger partial charge < -0.3 is 0 Å². The molecule has 10 heteroatoms. The number of hydrogen-bond acceptors (Lipinski definition) is 3. The Kier molecular flexibility index (Phi) is 4.56. The quantitative estimate of drug-likeness (QED) is 0.683. The fraction of sp³-hybridized carbons (Fsp3) is 0.118. The van der Waals surface area contributed by atoms with Crippen molar-refractivity contribution in [3.05, 3.63) is 65.7 Å². The molecule has 0 unspecified atom stereocenters. The second-order valence-electron chi connectivity index (χ2n) is 5.82. The first-order chi connectivity index (χ1) is 12.5. The first-order valence-corrected chi connectivity index (χ1v) is 9.08. The van der Waals surface area contributed by atoms with E-state index in [2.05, 4.69) is 4.98 Å². The Morgan fingerprint density at radius 1 is 1.07 bits per heavy atom. The van der Waals surface area contributed by atoms with Crippen LogP contribution in [0.5, 0.6) is 0 Å². The first kappa shape index (κ1) is 19.1. The van der Waals surface area contributed by atoms with Crippen LogP contribution in [0.3, 0.4) is 0 Å². The van der Waals surface area contributed by atoms with Gasteiger partial charge in [0.1, 0.15) is 11.6 Å². The predicted octanol–water partition coefficient (Wildman–Crippen LogP) is 3.65. The largest absolute Gasteiger partial charge is 0.434 e. The lowest BCUT2D eigenvalue weighted by Gasteiger charge is -2.09. The normalized spacial score (nSPS) is 12.4. The van der Waals surface area contributed by atoms with Gasteiger partial charge in [-0.05, 0) is 55.0 Å². The molecule has 1 aromatic heterocycles. The number of aryl methyl sites for hydroxylation is 1. The molecule has 0 saturated carbocycles. The molecule has 0 amide bonds. The minimum Gasteiger partial charge on any atom is -0.299 e. The van der Waals surface area contributed by atoms with Crippen molar-refractivity contribution in [2.45, 2.75) is 18.0 Å². The van der Waals surface area contributed by atoms with Gasteiger partial charge in [0.2, 0.25) is 10.0 Å². The van der Waals surface area contributed by atoms with Crippen LogP contribution in [0.25, 0.3) is 17.1 Å². The third-order valence-corrected chi connectivity index (χ3v) is 4.79. The van der Waals surface area contributed by atoms with E-state index in [0.29, 0.717) is 0 Å². The molecule has 2 N–H and O–H groups in total. The van der Waals surface area contributed by atoms with Gasteiger partial charge in [0, 0.05) is 17.4 Å². The van der Waals surface area contributed by atoms with E-state index < -0.39 is 27.7 Å². The summed E-state index contributed by atoms with van der Waals surface area (Å²) in [5.41, 5.74) is -0.363. The Balaban J connectivity index is 2.19. The Morgan fingerprint density at radius 3 is 2.22 bits per heavy atom. The highest BCUT2D eigenvalue weighted by Crippen LogP contribution is 2.33. The second kappa shape index (κ2) is 6.46. The molecule has 0 spiro atoms. The van der Waals surface area contributed by atoms with Gasteiger partial charge in [-0.1, -0.05) is 0 Å². The van der Waals surface area contributed by atoms with Gasteiger partial charge in [0.05, 0.1) is 4.90 Å². The molecule has 0 fully saturated rings. The summed E-state index contributed by atoms with van der Waals surface area (Å²) in [6, 6.07) is 8.81. The van der Waals surface area contributed by atoms with Crippen LogP contribution in [0.2, 0.25) is 0 Å². The number of aromatic nitrogens is 2. The maximum atomic E-state index is 13.5. The molecule has 0 bridgehead atoms. The van der Waals surface area contributed by atoms with Crippen molar-refractivity contribution in [2.24, 2.45) is 5.14 Å². The van der Waals surface area contributed by atoms with Crippen molar-refractivity contribution >= 4 is 10.0 Å². The number of halogens is 4. The van der Waals surface area contributed by atoms with Gasteiger partial charge in [-0.3, -0.25) is 4.57 Å². The summed E-state index contributed by atoms with van der Waals surface area (Å²) in [4.78, 5) is 3.46. The standard InChI is InChI=1S/C17H13F4N3O2S/c1-10-8-11(2-7-14(10)18)16-23-15(17(19,20)21)9-24(16)12-3-5-13(6-4-12)27(22,25)26/h2-9H,1H3,(H2,22,25,26). The van der Waals surface area contributed by atoms with Crippen molar-refractivity contribution in [1.82, 2.24) is 9.55 Å². The van der Waals surface area contributed by atoms with E-state index in [1.165, 1.54) is 43.3 Å². The van der Waals surface area contributed by atoms with Crippen LogP contribution in [-0.2, 0) is 16.2 Å². The van der Waals surface area contributed by atoms with Crippen molar-refractivity contribution in [1.29, 1.82) is 0 Å². The highest BCUT2D eigenvalue weighted by Gasteiger charge is 2.35. The summed E-state index contributed by atoms with van der Waals surface area (Å²) in [5, 5.41) is 5.03. The van der Waals surface area contributed by atoms with Gasteiger partial charge in [-0.25, -0.2) is 22.9 Å². The zero-order valence-electron chi connectivity index (χ0n) is 13.8. The summed E-state index contributed by atoms with van der Waals surface area (Å²) in [6.45, 7) is 1.48. The molecule has 3 aromatic rings. The van der Waals surface area contributed by atoms with E-state index in [9.17, 15) is 26.0 Å². The fourth-order valence-electron chi connectivity index (χ4n) is 2.50. The first-order valence-electron chi connectivity index (χ1n) is 7.53. The fourth-order valence-corrected chi connectivity index (χ4v) is 3.01. The monoisotopic (exact) mass is 399 g/mol. The number of rotatable bonds is 3. The predicted molar refractivity (Wildman–Crippen MR) is 90.1 cm³/mol. The molecule has 5 nitrogen and oxygen atoms in total. The van der Waals surface area contributed by atoms with Gasteiger partial charge in [0.15, 0.2) is 5.69 Å². The van der Waals surface area contributed by atoms with Gasteiger partial charge in [0.25, 0.3) is 0 Å². The van der Waals surface area contributed by atoms with Crippen LogP contribution < -0.4 is 5.14 Å². The molecule has 1 heterocycles. The number of primary sulfonamides is 1. The Hall–Kier alpha value is -2.72. The average molecular weight is 399 g/mol. The zero-order valence-corrected chi connectivity index (χ0v) is 14.6. The van der Waals surface area contributed by atoms with E-state index in [1.54, 1.807) is 0 Å². The van der Waals surface area contributed by atoms with E-state index >= 15 is 0 Å². The number of hydrogen-bond donors (Lipinski definition) is 1. The molecule has 3 rings (SSSR count). The molecule has 2 aromatic carbocycles. The Bertz CT molecular complexity index is 1100. The number of sulfonamides is 1. The molecule has 142 valence electrons. The van der Waals surface area contributed by atoms with Crippen LogP contribution in [0.1, 0.15) is 11.3 Å². The summed E-state index contributed by atoms with van der Waals surface area (Å²) in [5.74, 6) is -0.556. The number of nitrogens with two attached hydrogens (primary N) is 1. The molecule has 0 radical (unpaired) electrons. The Labute approximate surface area is 152 Å². The Morgan fingerprint density at radius 2 is 1.70 bits per heavy atom. The van der Waals surface area contributed by atoms with E-state index in [0.717, 1.165) is 16.8 Å². The van der Waals surface area contributed by atoms with Crippen LogP contribution in [0.4, 0.5) is 17.6 Å². The smallest absolute Gasteiger partial charge is 0.299 e. The number of benzene rings is 2. The highest BCUT2D eigenvalue weighted by molar-refractivity contribution is 7.89. The van der Waals surface area contributed by atoms with Crippen molar-refractivity contribution < 1.29 is 26.0 Å². The topological polar surface area (TPSA) is 78.0 Å². The minimum absolute atomic E-state index is 0.0613. The van der Waals surface area contributed by atoms with Crippen molar-refractivity contribution in [3.63, 3.8) is 0 Å². The maximum Gasteiger partial charge on any atom is 0.434 e. The third kappa shape index (κ3) is 3.86. The zero-order chi connectivity index (χ0) is 20.0. The van der Waals surface area contributed by atoms with E-state index in [1.807, 2.05) is 0 Å². The molecule has 0 aliphatic heterocycles.